The Morgan fingerprint density at radius 3 is 2.60 bits per heavy atom. The molecule has 2 heterocycles. The number of ketones is 1. The van der Waals surface area contributed by atoms with Gasteiger partial charge in [-0.25, -0.2) is 23.1 Å². The molecule has 0 atom stereocenters. The van der Waals surface area contributed by atoms with E-state index < -0.39 is 10.0 Å². The van der Waals surface area contributed by atoms with Crippen molar-refractivity contribution < 1.29 is 13.2 Å². The van der Waals surface area contributed by atoms with E-state index in [-0.39, 0.29) is 46.1 Å². The fraction of sp³-hybridized carbons (Fsp3) is 0.526. The largest absolute Gasteiger partial charge is 0.382 e. The van der Waals surface area contributed by atoms with Gasteiger partial charge in [-0.05, 0) is 43.7 Å². The van der Waals surface area contributed by atoms with Crippen LogP contribution in [0.2, 0.25) is 5.15 Å². The minimum atomic E-state index is -3.25. The lowest BCUT2D eigenvalue weighted by molar-refractivity contribution is 0.104. The van der Waals surface area contributed by atoms with E-state index in [9.17, 15) is 13.2 Å². The second-order valence-electron chi connectivity index (χ2n) is 7.89. The zero-order valence-corrected chi connectivity index (χ0v) is 19.3. The number of nitrogens with one attached hydrogen (secondary N) is 2. The lowest BCUT2D eigenvalue weighted by Gasteiger charge is -2.29. The van der Waals surface area contributed by atoms with Crippen molar-refractivity contribution in [3.8, 4) is 0 Å². The van der Waals surface area contributed by atoms with Crippen molar-refractivity contribution in [3.63, 3.8) is 0 Å². The molecule has 0 radical (unpaired) electrons. The monoisotopic (exact) mass is 471 g/mol. The van der Waals surface area contributed by atoms with Crippen LogP contribution in [0.3, 0.4) is 0 Å². The first kappa shape index (κ1) is 22.9. The average molecular weight is 472 g/mol. The SMILES string of the molecule is CC(C)CS(=O)(=O)NC1CCC(Nc2nc(N)c(C(=O)c3cccnc3Cl)s2)CC1. The Hall–Kier alpha value is -1.75. The molecule has 0 aliphatic heterocycles. The molecule has 0 bridgehead atoms. The quantitative estimate of drug-likeness (QED) is 0.398. The molecule has 0 aromatic carbocycles. The number of sulfonamides is 1. The predicted octanol–water partition coefficient (Wildman–Crippen LogP) is 3.30. The van der Waals surface area contributed by atoms with Crippen LogP contribution >= 0.6 is 22.9 Å². The van der Waals surface area contributed by atoms with Gasteiger partial charge in [0, 0.05) is 18.3 Å². The molecule has 164 valence electrons. The highest BCUT2D eigenvalue weighted by Gasteiger charge is 2.27. The number of halogens is 1. The minimum Gasteiger partial charge on any atom is -0.382 e. The topological polar surface area (TPSA) is 127 Å². The molecule has 30 heavy (non-hydrogen) atoms. The van der Waals surface area contributed by atoms with Gasteiger partial charge in [0.15, 0.2) is 5.13 Å². The highest BCUT2D eigenvalue weighted by Crippen LogP contribution is 2.31. The molecule has 11 heteroatoms. The Morgan fingerprint density at radius 2 is 1.97 bits per heavy atom. The predicted molar refractivity (Wildman–Crippen MR) is 121 cm³/mol. The number of carbonyl (C=O) groups is 1. The first-order chi connectivity index (χ1) is 14.1. The number of nitrogens with zero attached hydrogens (tertiary/aromatic N) is 2. The smallest absolute Gasteiger partial charge is 0.212 e. The van der Waals surface area contributed by atoms with Crippen molar-refractivity contribution in [3.05, 3.63) is 33.9 Å². The van der Waals surface area contributed by atoms with Crippen molar-refractivity contribution >= 4 is 49.7 Å². The molecule has 8 nitrogen and oxygen atoms in total. The third-order valence-electron chi connectivity index (χ3n) is 4.82. The van der Waals surface area contributed by atoms with Gasteiger partial charge in [0.1, 0.15) is 15.8 Å². The number of rotatable bonds is 8. The lowest BCUT2D eigenvalue weighted by Crippen LogP contribution is -2.41. The van der Waals surface area contributed by atoms with Crippen LogP contribution in [0, 0.1) is 5.92 Å². The van der Waals surface area contributed by atoms with Gasteiger partial charge in [0.05, 0.1) is 11.3 Å². The molecule has 0 saturated heterocycles. The Morgan fingerprint density at radius 1 is 1.30 bits per heavy atom. The summed E-state index contributed by atoms with van der Waals surface area (Å²) in [5, 5.41) is 4.02. The van der Waals surface area contributed by atoms with Crippen LogP contribution in [-0.4, -0.2) is 42.0 Å². The van der Waals surface area contributed by atoms with E-state index in [1.54, 1.807) is 12.1 Å². The van der Waals surface area contributed by atoms with E-state index in [0.29, 0.717) is 10.0 Å². The number of carbonyl (C=O) groups excluding carboxylic acids is 1. The van der Waals surface area contributed by atoms with Crippen LogP contribution in [-0.2, 0) is 10.0 Å². The number of hydrogen-bond acceptors (Lipinski definition) is 8. The van der Waals surface area contributed by atoms with Gasteiger partial charge in [0.2, 0.25) is 15.8 Å². The first-order valence-corrected chi connectivity index (χ1v) is 12.7. The molecule has 4 N–H and O–H groups in total. The van der Waals surface area contributed by atoms with Crippen LogP contribution in [0.25, 0.3) is 0 Å². The molecule has 3 rings (SSSR count). The number of hydrogen-bond donors (Lipinski definition) is 3. The molecule has 1 aliphatic rings. The van der Waals surface area contributed by atoms with E-state index in [1.807, 2.05) is 13.8 Å². The highest BCUT2D eigenvalue weighted by molar-refractivity contribution is 7.89. The fourth-order valence-electron chi connectivity index (χ4n) is 3.51. The summed E-state index contributed by atoms with van der Waals surface area (Å²) in [5.74, 6) is 0.0812. The third kappa shape index (κ3) is 5.90. The molecule has 1 saturated carbocycles. The Balaban J connectivity index is 1.58. The Labute approximate surface area is 185 Å². The van der Waals surface area contributed by atoms with Gasteiger partial charge in [-0.1, -0.05) is 36.8 Å². The van der Waals surface area contributed by atoms with Gasteiger partial charge in [-0.2, -0.15) is 0 Å². The van der Waals surface area contributed by atoms with Gasteiger partial charge in [-0.3, -0.25) is 4.79 Å². The summed E-state index contributed by atoms with van der Waals surface area (Å²) in [5.41, 5.74) is 6.25. The number of nitrogens with two attached hydrogens (primary N) is 1. The van der Waals surface area contributed by atoms with Gasteiger partial charge >= 0.3 is 0 Å². The van der Waals surface area contributed by atoms with Gasteiger partial charge < -0.3 is 11.1 Å². The molecular formula is C19H26ClN5O3S2. The number of anilines is 2. The van der Waals surface area contributed by atoms with Crippen molar-refractivity contribution in [1.29, 1.82) is 0 Å². The molecule has 0 unspecified atom stereocenters. The Kier molecular flexibility index (Phi) is 7.33. The van der Waals surface area contributed by atoms with Crippen molar-refractivity contribution in [2.45, 2.75) is 51.6 Å². The summed E-state index contributed by atoms with van der Waals surface area (Å²) in [6, 6.07) is 3.35. The second kappa shape index (κ2) is 9.59. The van der Waals surface area contributed by atoms with Crippen molar-refractivity contribution in [2.75, 3.05) is 16.8 Å². The molecule has 0 spiro atoms. The summed E-state index contributed by atoms with van der Waals surface area (Å²) < 4.78 is 27.1. The summed E-state index contributed by atoms with van der Waals surface area (Å²) in [6.45, 7) is 3.78. The lowest BCUT2D eigenvalue weighted by atomic mass is 9.92. The normalized spacial score (nSPS) is 19.7. The maximum atomic E-state index is 12.7. The summed E-state index contributed by atoms with van der Waals surface area (Å²) in [7, 11) is -3.25. The zero-order valence-electron chi connectivity index (χ0n) is 16.9. The minimum absolute atomic E-state index is 0.0435. The Bertz CT molecular complexity index is 1000. The van der Waals surface area contributed by atoms with Crippen LogP contribution in [0.4, 0.5) is 10.9 Å². The second-order valence-corrected chi connectivity index (χ2v) is 11.0. The highest BCUT2D eigenvalue weighted by atomic mass is 35.5. The molecule has 2 aromatic rings. The molecule has 2 aromatic heterocycles. The van der Waals surface area contributed by atoms with Crippen LogP contribution in [0.5, 0.6) is 0 Å². The maximum absolute atomic E-state index is 12.7. The van der Waals surface area contributed by atoms with Gasteiger partial charge in [0.25, 0.3) is 0 Å². The van der Waals surface area contributed by atoms with E-state index >= 15 is 0 Å². The molecular weight excluding hydrogens is 446 g/mol. The first-order valence-electron chi connectivity index (χ1n) is 9.82. The number of nitrogen functional groups attached to an aromatic ring is 1. The average Bonchev–Trinajstić information content (AvgIpc) is 3.02. The van der Waals surface area contributed by atoms with Gasteiger partial charge in [-0.15, -0.1) is 0 Å². The number of thiazole rings is 1. The zero-order chi connectivity index (χ0) is 21.9. The third-order valence-corrected chi connectivity index (χ3v) is 7.92. The fourth-order valence-corrected chi connectivity index (χ4v) is 6.34. The van der Waals surface area contributed by atoms with E-state index in [4.69, 9.17) is 17.3 Å². The van der Waals surface area contributed by atoms with Crippen LogP contribution in [0.15, 0.2) is 18.3 Å². The summed E-state index contributed by atoms with van der Waals surface area (Å²) in [6.07, 6.45) is 4.60. The molecule has 1 fully saturated rings. The van der Waals surface area contributed by atoms with E-state index in [1.165, 1.54) is 17.5 Å². The molecule has 1 aliphatic carbocycles. The summed E-state index contributed by atoms with van der Waals surface area (Å²) in [4.78, 5) is 21.2. The van der Waals surface area contributed by atoms with Crippen LogP contribution < -0.4 is 15.8 Å². The number of pyridine rings is 1. The van der Waals surface area contributed by atoms with E-state index in [2.05, 4.69) is 20.0 Å². The standard InChI is InChI=1S/C19H26ClN5O3S2/c1-11(2)10-30(27,28)25-13-7-5-12(6-8-13)23-19-24-18(21)16(29-19)15(26)14-4-3-9-22-17(14)20/h3-4,9,11-13,25H,5-8,10,21H2,1-2H3,(H,23,24). The van der Waals surface area contributed by atoms with Crippen molar-refractivity contribution in [2.24, 2.45) is 5.92 Å². The molecule has 0 amide bonds. The summed E-state index contributed by atoms with van der Waals surface area (Å²) >= 11 is 7.21. The van der Waals surface area contributed by atoms with E-state index in [0.717, 1.165) is 25.7 Å². The van der Waals surface area contributed by atoms with Crippen molar-refractivity contribution in [1.82, 2.24) is 14.7 Å². The number of aromatic nitrogens is 2. The van der Waals surface area contributed by atoms with Crippen LogP contribution in [0.1, 0.15) is 54.8 Å². The maximum Gasteiger partial charge on any atom is 0.212 e.